The highest BCUT2D eigenvalue weighted by molar-refractivity contribution is 9.08. The molecule has 0 spiro atoms. The van der Waals surface area contributed by atoms with Crippen LogP contribution in [0.5, 0.6) is 5.88 Å². The molecule has 1 aromatic rings. The number of hydrogen-bond donors (Lipinski definition) is 0. The average molecular weight is 270 g/mol. The standard InChI is InChI=1S/C8H7BrF3NO/c9-3-6-1-2-7(13-4-6)14-5-8(10,11)12/h1-2,4H,3,5H2. The molecule has 0 N–H and O–H groups in total. The molecular weight excluding hydrogens is 263 g/mol. The van der Waals surface area contributed by atoms with Crippen LogP contribution in [-0.2, 0) is 5.33 Å². The van der Waals surface area contributed by atoms with Gasteiger partial charge in [0.05, 0.1) is 0 Å². The number of ether oxygens (including phenoxy) is 1. The number of pyridine rings is 1. The molecule has 0 aliphatic heterocycles. The first-order valence-electron chi connectivity index (χ1n) is 3.72. The van der Waals surface area contributed by atoms with Gasteiger partial charge in [-0.25, -0.2) is 4.98 Å². The van der Waals surface area contributed by atoms with Crippen molar-refractivity contribution >= 4 is 15.9 Å². The lowest BCUT2D eigenvalue weighted by Gasteiger charge is -2.07. The van der Waals surface area contributed by atoms with E-state index >= 15 is 0 Å². The molecule has 1 rings (SSSR count). The van der Waals surface area contributed by atoms with E-state index in [4.69, 9.17) is 0 Å². The van der Waals surface area contributed by atoms with E-state index in [0.717, 1.165) is 5.56 Å². The number of nitrogens with zero attached hydrogens (tertiary/aromatic N) is 1. The van der Waals surface area contributed by atoms with Crippen molar-refractivity contribution < 1.29 is 17.9 Å². The van der Waals surface area contributed by atoms with Gasteiger partial charge in [0.2, 0.25) is 5.88 Å². The van der Waals surface area contributed by atoms with Crippen molar-refractivity contribution in [3.8, 4) is 5.88 Å². The summed E-state index contributed by atoms with van der Waals surface area (Å²) in [4.78, 5) is 3.70. The molecule has 0 aromatic carbocycles. The molecule has 0 saturated heterocycles. The van der Waals surface area contributed by atoms with Crippen LogP contribution in [-0.4, -0.2) is 17.8 Å². The van der Waals surface area contributed by atoms with Crippen LogP contribution >= 0.6 is 15.9 Å². The highest BCUT2D eigenvalue weighted by Gasteiger charge is 2.28. The fourth-order valence-corrected chi connectivity index (χ4v) is 1.06. The second-order valence-corrected chi connectivity index (χ2v) is 3.10. The van der Waals surface area contributed by atoms with Crippen molar-refractivity contribution in [2.45, 2.75) is 11.5 Å². The summed E-state index contributed by atoms with van der Waals surface area (Å²) < 4.78 is 39.6. The number of hydrogen-bond acceptors (Lipinski definition) is 2. The van der Waals surface area contributed by atoms with E-state index in [0.29, 0.717) is 5.33 Å². The van der Waals surface area contributed by atoms with E-state index in [1.807, 2.05) is 0 Å². The van der Waals surface area contributed by atoms with Crippen molar-refractivity contribution in [2.24, 2.45) is 0 Å². The van der Waals surface area contributed by atoms with Crippen molar-refractivity contribution in [1.82, 2.24) is 4.98 Å². The Balaban J connectivity index is 2.52. The zero-order valence-corrected chi connectivity index (χ0v) is 8.60. The summed E-state index contributed by atoms with van der Waals surface area (Å²) in [6, 6.07) is 3.05. The second kappa shape index (κ2) is 4.63. The van der Waals surface area contributed by atoms with Gasteiger partial charge in [-0.15, -0.1) is 0 Å². The average Bonchev–Trinajstić information content (AvgIpc) is 2.14. The first kappa shape index (κ1) is 11.3. The molecule has 0 aliphatic carbocycles. The molecule has 6 heteroatoms. The van der Waals surface area contributed by atoms with E-state index in [1.54, 1.807) is 6.07 Å². The lowest BCUT2D eigenvalue weighted by atomic mass is 10.3. The molecule has 14 heavy (non-hydrogen) atoms. The van der Waals surface area contributed by atoms with E-state index in [9.17, 15) is 13.2 Å². The monoisotopic (exact) mass is 269 g/mol. The maximum absolute atomic E-state index is 11.7. The normalized spacial score (nSPS) is 11.4. The molecular formula is C8H7BrF3NO. The lowest BCUT2D eigenvalue weighted by Crippen LogP contribution is -2.19. The number of alkyl halides is 4. The third-order valence-electron chi connectivity index (χ3n) is 1.34. The summed E-state index contributed by atoms with van der Waals surface area (Å²) in [6.07, 6.45) is -2.86. The number of halogens is 4. The van der Waals surface area contributed by atoms with E-state index in [2.05, 4.69) is 25.7 Å². The summed E-state index contributed by atoms with van der Waals surface area (Å²) in [5.74, 6) is -0.0213. The van der Waals surface area contributed by atoms with Crippen LogP contribution in [0.3, 0.4) is 0 Å². The topological polar surface area (TPSA) is 22.1 Å². The van der Waals surface area contributed by atoms with Gasteiger partial charge in [0, 0.05) is 17.6 Å². The Hall–Kier alpha value is -0.780. The van der Waals surface area contributed by atoms with Crippen molar-refractivity contribution in [2.75, 3.05) is 6.61 Å². The molecule has 1 aromatic heterocycles. The van der Waals surface area contributed by atoms with Gasteiger partial charge in [-0.3, -0.25) is 0 Å². The zero-order chi connectivity index (χ0) is 10.6. The Morgan fingerprint density at radius 2 is 2.07 bits per heavy atom. The first-order valence-corrected chi connectivity index (χ1v) is 4.84. The maximum atomic E-state index is 11.7. The Bertz CT molecular complexity index is 286. The van der Waals surface area contributed by atoms with Crippen LogP contribution in [0, 0.1) is 0 Å². The summed E-state index contributed by atoms with van der Waals surface area (Å²) in [5, 5.41) is 0.611. The summed E-state index contributed by atoms with van der Waals surface area (Å²) in [5.41, 5.74) is 0.879. The van der Waals surface area contributed by atoms with Gasteiger partial charge in [-0.2, -0.15) is 13.2 Å². The smallest absolute Gasteiger partial charge is 0.422 e. The van der Waals surface area contributed by atoms with Gasteiger partial charge in [0.15, 0.2) is 6.61 Å². The van der Waals surface area contributed by atoms with Crippen LogP contribution in [0.2, 0.25) is 0 Å². The summed E-state index contributed by atoms with van der Waals surface area (Å²) >= 11 is 3.19. The highest BCUT2D eigenvalue weighted by Crippen LogP contribution is 2.17. The largest absolute Gasteiger partial charge is 0.468 e. The molecule has 0 radical (unpaired) electrons. The predicted octanol–water partition coefficient (Wildman–Crippen LogP) is 2.92. The van der Waals surface area contributed by atoms with Crippen molar-refractivity contribution in [3.63, 3.8) is 0 Å². The molecule has 78 valence electrons. The van der Waals surface area contributed by atoms with Gasteiger partial charge in [-0.05, 0) is 5.56 Å². The number of rotatable bonds is 3. The van der Waals surface area contributed by atoms with Gasteiger partial charge < -0.3 is 4.74 Å². The minimum absolute atomic E-state index is 0.0213. The molecule has 0 atom stereocenters. The molecule has 1 heterocycles. The van der Waals surface area contributed by atoms with Crippen LogP contribution in [0.4, 0.5) is 13.2 Å². The molecule has 0 saturated carbocycles. The third-order valence-corrected chi connectivity index (χ3v) is 1.98. The molecule has 0 fully saturated rings. The fourth-order valence-electron chi connectivity index (χ4n) is 0.731. The van der Waals surface area contributed by atoms with E-state index < -0.39 is 12.8 Å². The summed E-state index contributed by atoms with van der Waals surface area (Å²) in [6.45, 7) is -1.31. The van der Waals surface area contributed by atoms with Crippen molar-refractivity contribution in [1.29, 1.82) is 0 Å². The highest BCUT2D eigenvalue weighted by atomic mass is 79.9. The van der Waals surface area contributed by atoms with E-state index in [-0.39, 0.29) is 5.88 Å². The van der Waals surface area contributed by atoms with E-state index in [1.165, 1.54) is 12.3 Å². The number of aromatic nitrogens is 1. The first-order chi connectivity index (χ1) is 6.51. The molecule has 0 amide bonds. The minimum Gasteiger partial charge on any atom is -0.468 e. The maximum Gasteiger partial charge on any atom is 0.422 e. The van der Waals surface area contributed by atoms with Gasteiger partial charge >= 0.3 is 6.18 Å². The quantitative estimate of drug-likeness (QED) is 0.788. The van der Waals surface area contributed by atoms with Gasteiger partial charge in [0.1, 0.15) is 0 Å². The SMILES string of the molecule is FC(F)(F)COc1ccc(CBr)cn1. The fraction of sp³-hybridized carbons (Fsp3) is 0.375. The summed E-state index contributed by atoms with van der Waals surface area (Å²) in [7, 11) is 0. The Morgan fingerprint density at radius 3 is 2.50 bits per heavy atom. The molecule has 2 nitrogen and oxygen atoms in total. The Labute approximate surface area is 87.2 Å². The molecule has 0 unspecified atom stereocenters. The molecule has 0 aliphatic rings. The van der Waals surface area contributed by atoms with Crippen LogP contribution in [0.25, 0.3) is 0 Å². The zero-order valence-electron chi connectivity index (χ0n) is 7.01. The van der Waals surface area contributed by atoms with Crippen LogP contribution < -0.4 is 4.74 Å². The third kappa shape index (κ3) is 3.95. The second-order valence-electron chi connectivity index (χ2n) is 2.54. The Morgan fingerprint density at radius 1 is 1.36 bits per heavy atom. The van der Waals surface area contributed by atoms with Crippen LogP contribution in [0.15, 0.2) is 18.3 Å². The Kier molecular flexibility index (Phi) is 3.74. The minimum atomic E-state index is -4.32. The van der Waals surface area contributed by atoms with Crippen LogP contribution in [0.1, 0.15) is 5.56 Å². The molecule has 0 bridgehead atoms. The lowest BCUT2D eigenvalue weighted by molar-refractivity contribution is -0.154. The van der Waals surface area contributed by atoms with Gasteiger partial charge in [-0.1, -0.05) is 22.0 Å². The van der Waals surface area contributed by atoms with Crippen molar-refractivity contribution in [3.05, 3.63) is 23.9 Å². The predicted molar refractivity (Wildman–Crippen MR) is 48.4 cm³/mol. The van der Waals surface area contributed by atoms with Gasteiger partial charge in [0.25, 0.3) is 0 Å².